The number of nitrogens with zero attached hydrogens (tertiary/aromatic N) is 4. The Morgan fingerprint density at radius 3 is 2.44 bits per heavy atom. The smallest absolute Gasteiger partial charge is 0.255 e. The summed E-state index contributed by atoms with van der Waals surface area (Å²) in [7, 11) is 0. The first-order valence-electron chi connectivity index (χ1n) is 11.4. The maximum atomic E-state index is 13.2. The summed E-state index contributed by atoms with van der Waals surface area (Å²) >= 11 is 6.26. The number of aromatic nitrogens is 2. The van der Waals surface area contributed by atoms with Crippen LogP contribution in [0, 0.1) is 0 Å². The molecule has 1 amide bonds. The highest BCUT2D eigenvalue weighted by molar-refractivity contribution is 6.31. The van der Waals surface area contributed by atoms with Crippen molar-refractivity contribution in [2.24, 2.45) is 0 Å². The first kappa shape index (κ1) is 22.3. The zero-order valence-electron chi connectivity index (χ0n) is 18.7. The number of amides is 1. The van der Waals surface area contributed by atoms with Gasteiger partial charge in [0.15, 0.2) is 0 Å². The van der Waals surface area contributed by atoms with Crippen molar-refractivity contribution in [3.05, 3.63) is 111 Å². The van der Waals surface area contributed by atoms with E-state index in [1.54, 1.807) is 18.3 Å². The van der Waals surface area contributed by atoms with Crippen LogP contribution in [0.25, 0.3) is 10.9 Å². The standard InChI is InChI=1S/C27H25ClN4O2/c28-24-9-2-1-5-21(24)18-32-19-23(10-11-25(32)33)27(34)31-15-13-30(14-16-31)17-22-7-3-6-20-8-4-12-29-26(20)22/h1-12,19H,13-18H2. The number of pyridine rings is 2. The molecule has 2 aromatic heterocycles. The molecule has 1 aliphatic rings. The number of fused-ring (bicyclic) bond motifs is 1. The highest BCUT2D eigenvalue weighted by Crippen LogP contribution is 2.19. The van der Waals surface area contributed by atoms with E-state index in [1.165, 1.54) is 16.2 Å². The monoisotopic (exact) mass is 472 g/mol. The van der Waals surface area contributed by atoms with Gasteiger partial charge in [-0.1, -0.05) is 54.1 Å². The van der Waals surface area contributed by atoms with Crippen molar-refractivity contribution in [2.75, 3.05) is 26.2 Å². The summed E-state index contributed by atoms with van der Waals surface area (Å²) in [5, 5.41) is 1.74. The number of carbonyl (C=O) groups is 1. The average molecular weight is 473 g/mol. The highest BCUT2D eigenvalue weighted by Gasteiger charge is 2.23. The summed E-state index contributed by atoms with van der Waals surface area (Å²) in [6.45, 7) is 3.98. The molecule has 0 bridgehead atoms. The Balaban J connectivity index is 1.25. The predicted molar refractivity (Wildman–Crippen MR) is 134 cm³/mol. The lowest BCUT2D eigenvalue weighted by Gasteiger charge is -2.35. The molecular weight excluding hydrogens is 448 g/mol. The molecule has 0 aliphatic carbocycles. The van der Waals surface area contributed by atoms with Crippen LogP contribution >= 0.6 is 11.6 Å². The number of halogens is 1. The molecule has 34 heavy (non-hydrogen) atoms. The van der Waals surface area contributed by atoms with E-state index >= 15 is 0 Å². The lowest BCUT2D eigenvalue weighted by Crippen LogP contribution is -2.48. The van der Waals surface area contributed by atoms with Crippen molar-refractivity contribution in [1.29, 1.82) is 0 Å². The summed E-state index contributed by atoms with van der Waals surface area (Å²) in [5.41, 5.74) is 3.42. The molecular formula is C27H25ClN4O2. The largest absolute Gasteiger partial charge is 0.336 e. The lowest BCUT2D eigenvalue weighted by molar-refractivity contribution is 0.0628. The first-order valence-corrected chi connectivity index (χ1v) is 11.7. The van der Waals surface area contributed by atoms with Gasteiger partial charge in [-0.05, 0) is 29.3 Å². The number of rotatable bonds is 5. The highest BCUT2D eigenvalue weighted by atomic mass is 35.5. The number of piperazine rings is 1. The van der Waals surface area contributed by atoms with Crippen molar-refractivity contribution in [3.63, 3.8) is 0 Å². The van der Waals surface area contributed by atoms with E-state index in [0.717, 1.165) is 36.1 Å². The molecule has 0 radical (unpaired) electrons. The number of hydrogen-bond donors (Lipinski definition) is 0. The van der Waals surface area contributed by atoms with Crippen LogP contribution < -0.4 is 5.56 Å². The molecule has 1 saturated heterocycles. The molecule has 5 rings (SSSR count). The van der Waals surface area contributed by atoms with E-state index in [-0.39, 0.29) is 11.5 Å². The van der Waals surface area contributed by atoms with Crippen LogP contribution in [0.4, 0.5) is 0 Å². The van der Waals surface area contributed by atoms with Crippen LogP contribution in [0.5, 0.6) is 0 Å². The molecule has 0 saturated carbocycles. The van der Waals surface area contributed by atoms with E-state index in [1.807, 2.05) is 35.4 Å². The molecule has 2 aromatic carbocycles. The van der Waals surface area contributed by atoms with Crippen molar-refractivity contribution in [1.82, 2.24) is 19.4 Å². The molecule has 3 heterocycles. The molecule has 0 spiro atoms. The van der Waals surface area contributed by atoms with Crippen LogP contribution in [0.3, 0.4) is 0 Å². The van der Waals surface area contributed by atoms with Gasteiger partial charge in [-0.15, -0.1) is 0 Å². The minimum Gasteiger partial charge on any atom is -0.336 e. The van der Waals surface area contributed by atoms with E-state index in [0.29, 0.717) is 30.2 Å². The number of carbonyl (C=O) groups excluding carboxylic acids is 1. The van der Waals surface area contributed by atoms with Crippen LogP contribution in [-0.2, 0) is 13.1 Å². The summed E-state index contributed by atoms with van der Waals surface area (Å²) < 4.78 is 1.54. The normalized spacial score (nSPS) is 14.4. The van der Waals surface area contributed by atoms with E-state index in [2.05, 4.69) is 34.1 Å². The predicted octanol–water partition coefficient (Wildman–Crippen LogP) is 4.06. The molecule has 1 fully saturated rings. The van der Waals surface area contributed by atoms with E-state index < -0.39 is 0 Å². The van der Waals surface area contributed by atoms with Gasteiger partial charge in [0.1, 0.15) is 0 Å². The van der Waals surface area contributed by atoms with Gasteiger partial charge in [0.25, 0.3) is 11.5 Å². The Morgan fingerprint density at radius 2 is 1.62 bits per heavy atom. The number of benzene rings is 2. The van der Waals surface area contributed by atoms with Gasteiger partial charge in [-0.3, -0.25) is 19.5 Å². The number of hydrogen-bond acceptors (Lipinski definition) is 4. The van der Waals surface area contributed by atoms with Crippen molar-refractivity contribution in [2.45, 2.75) is 13.1 Å². The Hall–Kier alpha value is -3.48. The minimum atomic E-state index is -0.162. The van der Waals surface area contributed by atoms with Gasteiger partial charge in [-0.25, -0.2) is 0 Å². The average Bonchev–Trinajstić information content (AvgIpc) is 2.87. The Labute approximate surface area is 203 Å². The minimum absolute atomic E-state index is 0.0561. The zero-order valence-corrected chi connectivity index (χ0v) is 19.5. The molecule has 172 valence electrons. The van der Waals surface area contributed by atoms with Gasteiger partial charge in [0.2, 0.25) is 0 Å². The summed E-state index contributed by atoms with van der Waals surface area (Å²) in [4.78, 5) is 34.3. The van der Waals surface area contributed by atoms with Crippen molar-refractivity contribution >= 4 is 28.4 Å². The summed E-state index contributed by atoms with van der Waals surface area (Å²) in [6, 6.07) is 20.8. The SMILES string of the molecule is O=C(c1ccc(=O)n(Cc2ccccc2Cl)c1)N1CCN(Cc2cccc3cccnc23)CC1. The second-order valence-electron chi connectivity index (χ2n) is 8.54. The molecule has 0 unspecified atom stereocenters. The third-order valence-corrected chi connectivity index (χ3v) is 6.67. The molecule has 1 aliphatic heterocycles. The fourth-order valence-corrected chi connectivity index (χ4v) is 4.61. The van der Waals surface area contributed by atoms with E-state index in [9.17, 15) is 9.59 Å². The topological polar surface area (TPSA) is 58.4 Å². The van der Waals surface area contributed by atoms with Gasteiger partial charge in [0.05, 0.1) is 17.6 Å². The van der Waals surface area contributed by atoms with Crippen molar-refractivity contribution in [3.8, 4) is 0 Å². The van der Waals surface area contributed by atoms with Gasteiger partial charge in [-0.2, -0.15) is 0 Å². The van der Waals surface area contributed by atoms with Crippen LogP contribution in [0.2, 0.25) is 5.02 Å². The fourth-order valence-electron chi connectivity index (χ4n) is 4.42. The molecule has 7 heteroatoms. The quantitative estimate of drug-likeness (QED) is 0.439. The maximum absolute atomic E-state index is 13.2. The van der Waals surface area contributed by atoms with Crippen LogP contribution in [-0.4, -0.2) is 51.4 Å². The van der Waals surface area contributed by atoms with Crippen LogP contribution in [0.1, 0.15) is 21.5 Å². The Kier molecular flexibility index (Phi) is 6.43. The third kappa shape index (κ3) is 4.74. The van der Waals surface area contributed by atoms with Gasteiger partial charge >= 0.3 is 0 Å². The van der Waals surface area contributed by atoms with Gasteiger partial charge < -0.3 is 9.47 Å². The molecule has 4 aromatic rings. The maximum Gasteiger partial charge on any atom is 0.255 e. The zero-order chi connectivity index (χ0) is 23.5. The third-order valence-electron chi connectivity index (χ3n) is 6.30. The fraction of sp³-hybridized carbons (Fsp3) is 0.222. The van der Waals surface area contributed by atoms with Gasteiger partial charge in [0, 0.05) is 61.6 Å². The summed E-state index contributed by atoms with van der Waals surface area (Å²) in [5.74, 6) is -0.0561. The Bertz CT molecular complexity index is 1390. The molecule has 0 N–H and O–H groups in total. The first-order chi connectivity index (χ1) is 16.6. The number of para-hydroxylation sites is 1. The molecule has 6 nitrogen and oxygen atoms in total. The second-order valence-corrected chi connectivity index (χ2v) is 8.94. The Morgan fingerprint density at radius 1 is 0.853 bits per heavy atom. The van der Waals surface area contributed by atoms with E-state index in [4.69, 9.17) is 11.6 Å². The summed E-state index contributed by atoms with van der Waals surface area (Å²) in [6.07, 6.45) is 3.47. The molecule has 0 atom stereocenters. The second kappa shape index (κ2) is 9.79. The lowest BCUT2D eigenvalue weighted by atomic mass is 10.1. The van der Waals surface area contributed by atoms with Crippen molar-refractivity contribution < 1.29 is 4.79 Å². The van der Waals surface area contributed by atoms with Crippen LogP contribution in [0.15, 0.2) is 83.9 Å².